The largest absolute Gasteiger partial charge is 0.496 e. The van der Waals surface area contributed by atoms with Gasteiger partial charge in [0.2, 0.25) is 0 Å². The van der Waals surface area contributed by atoms with Crippen LogP contribution in [0.25, 0.3) is 22.5 Å². The van der Waals surface area contributed by atoms with E-state index in [1.54, 1.807) is 0 Å². The average Bonchev–Trinajstić information content (AvgIpc) is 3.09. The molecule has 1 saturated heterocycles. The molecule has 4 nitrogen and oxygen atoms in total. The zero-order valence-electron chi connectivity index (χ0n) is 21.6. The maximum absolute atomic E-state index is 6.03. The summed E-state index contributed by atoms with van der Waals surface area (Å²) >= 11 is 0. The SMILES string of the molecule is CC1(C)OB(c2ccc(-c3[c-]cccc3)nc2)OC1(C)C.Cc1cnc(-c2[c-]cccc2)cc1C.[Ir]. The summed E-state index contributed by atoms with van der Waals surface area (Å²) in [6, 6.07) is 28.1. The molecule has 0 bridgehead atoms. The van der Waals surface area contributed by atoms with E-state index in [2.05, 4.69) is 42.0 Å². The molecule has 0 aliphatic carbocycles. The first-order valence-corrected chi connectivity index (χ1v) is 11.9. The molecule has 36 heavy (non-hydrogen) atoms. The van der Waals surface area contributed by atoms with Crippen LogP contribution in [-0.4, -0.2) is 28.3 Å². The molecule has 0 amide bonds. The Kier molecular flexibility index (Phi) is 9.02. The molecule has 0 atom stereocenters. The molecule has 1 fully saturated rings. The van der Waals surface area contributed by atoms with Crippen molar-refractivity contribution in [1.82, 2.24) is 9.97 Å². The van der Waals surface area contributed by atoms with Crippen molar-refractivity contribution in [3.63, 3.8) is 0 Å². The average molecular weight is 655 g/mol. The van der Waals surface area contributed by atoms with E-state index in [4.69, 9.17) is 9.31 Å². The third-order valence-electron chi connectivity index (χ3n) is 6.65. The molecule has 6 heteroatoms. The molecule has 1 aliphatic heterocycles. The van der Waals surface area contributed by atoms with Crippen LogP contribution in [0.3, 0.4) is 0 Å². The number of benzene rings is 2. The predicted octanol–water partition coefficient (Wildman–Crippen LogP) is 6.01. The van der Waals surface area contributed by atoms with Crippen LogP contribution in [0.2, 0.25) is 0 Å². The van der Waals surface area contributed by atoms with Gasteiger partial charge < -0.3 is 19.3 Å². The van der Waals surface area contributed by atoms with Crippen molar-refractivity contribution in [2.45, 2.75) is 52.7 Å². The molecule has 1 aliphatic rings. The van der Waals surface area contributed by atoms with Crippen molar-refractivity contribution in [2.75, 3.05) is 0 Å². The molecule has 0 saturated carbocycles. The topological polar surface area (TPSA) is 44.2 Å². The molecule has 4 aromatic rings. The fourth-order valence-electron chi connectivity index (χ4n) is 3.56. The van der Waals surface area contributed by atoms with E-state index >= 15 is 0 Å². The first-order valence-electron chi connectivity index (χ1n) is 11.9. The molecule has 0 N–H and O–H groups in total. The fraction of sp³-hybridized carbons (Fsp3) is 0.267. The van der Waals surface area contributed by atoms with Gasteiger partial charge in [-0.15, -0.1) is 71.8 Å². The number of nitrogens with zero attached hydrogens (tertiary/aromatic N) is 2. The second-order valence-electron chi connectivity index (χ2n) is 9.77. The standard InChI is InChI=1S/C17H19BNO2.C13H12N.Ir/c1-16(2)17(3,4)21-18(20-16)14-10-11-15(19-12-14)13-8-6-5-7-9-13;1-10-8-13(14-9-11(10)2)12-6-4-3-5-7-12;/h5-8,10-12H,1-4H3;3-6,8-9H,1-2H3;/q2*-1;. The Bertz CT molecular complexity index is 1250. The Morgan fingerprint density at radius 2 is 1.25 bits per heavy atom. The van der Waals surface area contributed by atoms with E-state index < -0.39 is 0 Å². The number of rotatable bonds is 3. The maximum Gasteiger partial charge on any atom is 0.496 e. The van der Waals surface area contributed by atoms with Crippen LogP contribution in [0.15, 0.2) is 79.1 Å². The van der Waals surface area contributed by atoms with Gasteiger partial charge in [-0.3, -0.25) is 0 Å². The number of aromatic nitrogens is 2. The summed E-state index contributed by atoms with van der Waals surface area (Å²) in [4.78, 5) is 8.88. The van der Waals surface area contributed by atoms with Gasteiger partial charge in [0, 0.05) is 32.5 Å². The molecule has 3 heterocycles. The normalized spacial score (nSPS) is 15.4. The minimum atomic E-state index is -0.365. The maximum atomic E-state index is 6.03. The first kappa shape index (κ1) is 28.0. The Hall–Kier alpha value is -2.63. The summed E-state index contributed by atoms with van der Waals surface area (Å²) in [5.41, 5.74) is 6.70. The summed E-state index contributed by atoms with van der Waals surface area (Å²) in [5.74, 6) is 0. The summed E-state index contributed by atoms with van der Waals surface area (Å²) < 4.78 is 12.1. The van der Waals surface area contributed by atoms with Gasteiger partial charge in [-0.1, -0.05) is 23.8 Å². The minimum absolute atomic E-state index is 0. The molecular formula is C30H31BIrN2O2-2. The second kappa shape index (κ2) is 11.6. The summed E-state index contributed by atoms with van der Waals surface area (Å²) in [6.07, 6.45) is 3.73. The van der Waals surface area contributed by atoms with Crippen LogP contribution in [0.4, 0.5) is 0 Å². The summed E-state index contributed by atoms with van der Waals surface area (Å²) in [7, 11) is -0.365. The first-order chi connectivity index (χ1) is 16.7. The van der Waals surface area contributed by atoms with Crippen LogP contribution >= 0.6 is 0 Å². The summed E-state index contributed by atoms with van der Waals surface area (Å²) in [5, 5.41) is 0. The van der Waals surface area contributed by atoms with Crippen molar-refractivity contribution < 1.29 is 29.4 Å². The molecule has 0 spiro atoms. The monoisotopic (exact) mass is 655 g/mol. The Balaban J connectivity index is 0.000000210. The van der Waals surface area contributed by atoms with Gasteiger partial charge in [0.05, 0.1) is 11.2 Å². The zero-order valence-corrected chi connectivity index (χ0v) is 24.0. The quantitative estimate of drug-likeness (QED) is 0.201. The Morgan fingerprint density at radius 1 is 0.694 bits per heavy atom. The van der Waals surface area contributed by atoms with Gasteiger partial charge in [-0.25, -0.2) is 0 Å². The van der Waals surface area contributed by atoms with Crippen molar-refractivity contribution in [3.8, 4) is 22.5 Å². The van der Waals surface area contributed by atoms with E-state index in [1.165, 1.54) is 11.1 Å². The van der Waals surface area contributed by atoms with Crippen LogP contribution in [0.1, 0.15) is 38.8 Å². The second-order valence-corrected chi connectivity index (χ2v) is 9.77. The smallest absolute Gasteiger partial charge is 0.399 e. The van der Waals surface area contributed by atoms with E-state index in [0.29, 0.717) is 0 Å². The van der Waals surface area contributed by atoms with Gasteiger partial charge in [0.25, 0.3) is 0 Å². The molecule has 5 rings (SSSR count). The Morgan fingerprint density at radius 3 is 1.72 bits per heavy atom. The van der Waals surface area contributed by atoms with Gasteiger partial charge >= 0.3 is 7.12 Å². The zero-order chi connectivity index (χ0) is 25.1. The third-order valence-corrected chi connectivity index (χ3v) is 6.65. The minimum Gasteiger partial charge on any atom is -0.399 e. The van der Waals surface area contributed by atoms with Crippen molar-refractivity contribution in [2.24, 2.45) is 0 Å². The Labute approximate surface area is 229 Å². The molecule has 2 aromatic heterocycles. The van der Waals surface area contributed by atoms with Crippen LogP contribution in [0, 0.1) is 26.0 Å². The van der Waals surface area contributed by atoms with Crippen LogP contribution in [0.5, 0.6) is 0 Å². The molecule has 0 unspecified atom stereocenters. The van der Waals surface area contributed by atoms with Crippen molar-refractivity contribution >= 4 is 12.6 Å². The van der Waals surface area contributed by atoms with Gasteiger partial charge in [-0.2, -0.15) is 0 Å². The predicted molar refractivity (Wildman–Crippen MR) is 142 cm³/mol. The van der Waals surface area contributed by atoms with Crippen molar-refractivity contribution in [1.29, 1.82) is 0 Å². The molecule has 1 radical (unpaired) electrons. The number of hydrogen-bond donors (Lipinski definition) is 0. The number of pyridine rings is 2. The van der Waals surface area contributed by atoms with Gasteiger partial charge in [0.15, 0.2) is 0 Å². The molecule has 187 valence electrons. The van der Waals surface area contributed by atoms with Gasteiger partial charge in [-0.05, 0) is 64.0 Å². The molecular weight excluding hydrogens is 623 g/mol. The fourth-order valence-corrected chi connectivity index (χ4v) is 3.56. The van der Waals surface area contributed by atoms with E-state index in [9.17, 15) is 0 Å². The van der Waals surface area contributed by atoms with E-state index in [1.807, 2.05) is 101 Å². The van der Waals surface area contributed by atoms with Gasteiger partial charge in [0.1, 0.15) is 0 Å². The van der Waals surface area contributed by atoms with E-state index in [0.717, 1.165) is 28.0 Å². The van der Waals surface area contributed by atoms with Crippen LogP contribution < -0.4 is 5.46 Å². The number of aryl methyl sites for hydroxylation is 2. The summed E-state index contributed by atoms with van der Waals surface area (Å²) in [6.45, 7) is 12.4. The van der Waals surface area contributed by atoms with E-state index in [-0.39, 0.29) is 38.4 Å². The van der Waals surface area contributed by atoms with Crippen molar-refractivity contribution in [3.05, 3.63) is 102 Å². The molecule has 2 aromatic carbocycles. The number of hydrogen-bond acceptors (Lipinski definition) is 4. The van der Waals surface area contributed by atoms with Crippen LogP contribution in [-0.2, 0) is 29.4 Å². The third kappa shape index (κ3) is 6.38.